The lowest BCUT2D eigenvalue weighted by atomic mass is 10.1. The van der Waals surface area contributed by atoms with Gasteiger partial charge < -0.3 is 10.2 Å². The Morgan fingerprint density at radius 1 is 1.27 bits per heavy atom. The third kappa shape index (κ3) is 3.31. The summed E-state index contributed by atoms with van der Waals surface area (Å²) in [5.41, 5.74) is 0.433. The highest BCUT2D eigenvalue weighted by Crippen LogP contribution is 2.17. The van der Waals surface area contributed by atoms with Crippen molar-refractivity contribution in [3.63, 3.8) is 0 Å². The van der Waals surface area contributed by atoms with E-state index < -0.39 is 18.6 Å². The summed E-state index contributed by atoms with van der Waals surface area (Å²) in [7, 11) is 0. The molecule has 2 nitrogen and oxygen atoms in total. The summed E-state index contributed by atoms with van der Waals surface area (Å²) in [6.07, 6.45) is -2.14. The molecule has 2 N–H and O–H groups in total. The highest BCUT2D eigenvalue weighted by Gasteiger charge is 2.35. The van der Waals surface area contributed by atoms with Gasteiger partial charge in [-0.25, -0.2) is 0 Å². The highest BCUT2D eigenvalue weighted by molar-refractivity contribution is 5.35. The van der Waals surface area contributed by atoms with E-state index in [0.29, 0.717) is 5.56 Å². The maximum absolute atomic E-state index is 12.9. The molecule has 0 aliphatic rings. The number of alkyl halides is 2. The number of aliphatic hydroxyl groups excluding tert-OH is 2. The van der Waals surface area contributed by atoms with Gasteiger partial charge in [-0.15, -0.1) is 0 Å². The molecule has 0 aliphatic heterocycles. The van der Waals surface area contributed by atoms with Crippen molar-refractivity contribution in [3.8, 4) is 11.8 Å². The average Bonchev–Trinajstić information content (AvgIpc) is 2.27. The largest absolute Gasteiger partial charge is 0.393 e. The number of aliphatic hydroxyl groups is 2. The van der Waals surface area contributed by atoms with E-state index in [-0.39, 0.29) is 0 Å². The van der Waals surface area contributed by atoms with Crippen molar-refractivity contribution in [1.82, 2.24) is 0 Å². The zero-order chi connectivity index (χ0) is 11.3. The standard InChI is InChI=1S/C11H10F2O2/c12-11(13,10(15)8-14)7-6-9-4-2-1-3-5-9/h1-5,10,14-15H,8H2. The van der Waals surface area contributed by atoms with Crippen molar-refractivity contribution >= 4 is 0 Å². The first-order valence-electron chi connectivity index (χ1n) is 4.31. The third-order valence-corrected chi connectivity index (χ3v) is 1.74. The first-order valence-corrected chi connectivity index (χ1v) is 4.31. The molecule has 0 amide bonds. The summed E-state index contributed by atoms with van der Waals surface area (Å²) < 4.78 is 25.8. The molecule has 0 aromatic heterocycles. The van der Waals surface area contributed by atoms with Crippen LogP contribution in [0.5, 0.6) is 0 Å². The Balaban J connectivity index is 2.82. The lowest BCUT2D eigenvalue weighted by Gasteiger charge is -2.13. The van der Waals surface area contributed by atoms with Crippen LogP contribution in [0.3, 0.4) is 0 Å². The first kappa shape index (κ1) is 11.6. The lowest BCUT2D eigenvalue weighted by molar-refractivity contribution is -0.0830. The molecule has 0 saturated carbocycles. The van der Waals surface area contributed by atoms with Crippen molar-refractivity contribution in [3.05, 3.63) is 35.9 Å². The van der Waals surface area contributed by atoms with E-state index in [0.717, 1.165) is 0 Å². The van der Waals surface area contributed by atoms with Gasteiger partial charge >= 0.3 is 5.92 Å². The summed E-state index contributed by atoms with van der Waals surface area (Å²) in [4.78, 5) is 0. The molecular formula is C11H10F2O2. The Kier molecular flexibility index (Phi) is 3.78. The van der Waals surface area contributed by atoms with Crippen molar-refractivity contribution in [2.24, 2.45) is 0 Å². The average molecular weight is 212 g/mol. The van der Waals surface area contributed by atoms with Crippen molar-refractivity contribution in [2.75, 3.05) is 6.61 Å². The molecule has 0 radical (unpaired) electrons. The van der Waals surface area contributed by atoms with E-state index in [1.54, 1.807) is 36.3 Å². The van der Waals surface area contributed by atoms with E-state index in [9.17, 15) is 8.78 Å². The fourth-order valence-electron chi connectivity index (χ4n) is 0.875. The quantitative estimate of drug-likeness (QED) is 0.719. The zero-order valence-corrected chi connectivity index (χ0v) is 7.82. The lowest BCUT2D eigenvalue weighted by Crippen LogP contribution is -2.34. The second-order valence-corrected chi connectivity index (χ2v) is 2.94. The Hall–Kier alpha value is -1.44. The molecule has 1 aromatic carbocycles. The van der Waals surface area contributed by atoms with Crippen LogP contribution in [0.4, 0.5) is 8.78 Å². The van der Waals surface area contributed by atoms with Gasteiger partial charge in [-0.1, -0.05) is 24.1 Å². The Morgan fingerprint density at radius 2 is 1.87 bits per heavy atom. The van der Waals surface area contributed by atoms with Gasteiger partial charge in [0.2, 0.25) is 0 Å². The zero-order valence-electron chi connectivity index (χ0n) is 7.82. The van der Waals surface area contributed by atoms with Crippen LogP contribution < -0.4 is 0 Å². The maximum Gasteiger partial charge on any atom is 0.335 e. The molecule has 4 heteroatoms. The number of hydrogen-bond donors (Lipinski definition) is 2. The normalized spacial score (nSPS) is 12.8. The summed E-state index contributed by atoms with van der Waals surface area (Å²) in [6, 6.07) is 8.24. The third-order valence-electron chi connectivity index (χ3n) is 1.74. The molecule has 1 aromatic rings. The van der Waals surface area contributed by atoms with Crippen LogP contribution in [0.1, 0.15) is 5.56 Å². The molecule has 1 atom stereocenters. The minimum absolute atomic E-state index is 0.433. The van der Waals surface area contributed by atoms with Gasteiger partial charge in [-0.3, -0.25) is 0 Å². The molecule has 80 valence electrons. The molecule has 0 aliphatic carbocycles. The van der Waals surface area contributed by atoms with Gasteiger partial charge in [0.15, 0.2) is 6.10 Å². The Bertz CT molecular complexity index is 365. The topological polar surface area (TPSA) is 40.5 Å². The molecule has 0 saturated heterocycles. The Labute approximate surface area is 86.2 Å². The smallest absolute Gasteiger partial charge is 0.335 e. The number of hydrogen-bond acceptors (Lipinski definition) is 2. The molecule has 15 heavy (non-hydrogen) atoms. The van der Waals surface area contributed by atoms with Crippen LogP contribution in [-0.2, 0) is 0 Å². The number of rotatable bonds is 2. The van der Waals surface area contributed by atoms with Crippen LogP contribution in [0.15, 0.2) is 30.3 Å². The van der Waals surface area contributed by atoms with Gasteiger partial charge in [0.05, 0.1) is 6.61 Å². The van der Waals surface area contributed by atoms with E-state index >= 15 is 0 Å². The van der Waals surface area contributed by atoms with Crippen LogP contribution in [0, 0.1) is 11.8 Å². The fraction of sp³-hybridized carbons (Fsp3) is 0.273. The minimum atomic E-state index is -3.59. The van der Waals surface area contributed by atoms with Gasteiger partial charge in [0, 0.05) is 5.56 Å². The highest BCUT2D eigenvalue weighted by atomic mass is 19.3. The maximum atomic E-state index is 12.9. The molecule has 0 heterocycles. The second kappa shape index (κ2) is 4.87. The summed E-state index contributed by atoms with van der Waals surface area (Å²) in [5.74, 6) is 0.269. The second-order valence-electron chi connectivity index (χ2n) is 2.94. The van der Waals surface area contributed by atoms with Crippen molar-refractivity contribution in [2.45, 2.75) is 12.0 Å². The predicted octanol–water partition coefficient (Wildman–Crippen LogP) is 1.03. The molecule has 1 unspecified atom stereocenters. The van der Waals surface area contributed by atoms with Gasteiger partial charge in [0.1, 0.15) is 0 Å². The van der Waals surface area contributed by atoms with E-state index in [1.807, 2.05) is 0 Å². The Morgan fingerprint density at radius 3 is 2.40 bits per heavy atom. The van der Waals surface area contributed by atoms with Crippen molar-refractivity contribution in [1.29, 1.82) is 0 Å². The van der Waals surface area contributed by atoms with Gasteiger partial charge in [-0.05, 0) is 18.1 Å². The SMILES string of the molecule is OCC(O)C(F)(F)C#Cc1ccccc1. The minimum Gasteiger partial charge on any atom is -0.393 e. The van der Waals surface area contributed by atoms with E-state index in [4.69, 9.17) is 10.2 Å². The monoisotopic (exact) mass is 212 g/mol. The molecule has 0 bridgehead atoms. The molecule has 0 spiro atoms. The van der Waals surface area contributed by atoms with Crippen LogP contribution in [0.2, 0.25) is 0 Å². The number of halogens is 2. The van der Waals surface area contributed by atoms with Gasteiger partial charge in [0.25, 0.3) is 0 Å². The predicted molar refractivity (Wildman–Crippen MR) is 51.4 cm³/mol. The van der Waals surface area contributed by atoms with Crippen molar-refractivity contribution < 1.29 is 19.0 Å². The molecule has 0 fully saturated rings. The molecular weight excluding hydrogens is 202 g/mol. The fourth-order valence-corrected chi connectivity index (χ4v) is 0.875. The van der Waals surface area contributed by atoms with Gasteiger partial charge in [-0.2, -0.15) is 8.78 Å². The van der Waals surface area contributed by atoms with E-state index in [1.165, 1.54) is 0 Å². The number of benzene rings is 1. The summed E-state index contributed by atoms with van der Waals surface area (Å²) in [6.45, 7) is -1.02. The summed E-state index contributed by atoms with van der Waals surface area (Å²) in [5, 5.41) is 17.1. The van der Waals surface area contributed by atoms with Crippen LogP contribution in [0.25, 0.3) is 0 Å². The molecule has 1 rings (SSSR count). The first-order chi connectivity index (χ1) is 7.06. The van der Waals surface area contributed by atoms with Crippen LogP contribution >= 0.6 is 0 Å². The van der Waals surface area contributed by atoms with Crippen LogP contribution in [-0.4, -0.2) is 28.8 Å². The van der Waals surface area contributed by atoms with E-state index in [2.05, 4.69) is 5.92 Å². The summed E-state index contributed by atoms with van der Waals surface area (Å²) >= 11 is 0.